The third kappa shape index (κ3) is 2.65. The number of aryl methyl sites for hydroxylation is 2. The Hall–Kier alpha value is -1.39. The van der Waals surface area contributed by atoms with Gasteiger partial charge < -0.3 is 5.73 Å². The number of hydrogen-bond acceptors (Lipinski definition) is 3. The Labute approximate surface area is 102 Å². The van der Waals surface area contributed by atoms with Gasteiger partial charge in [-0.1, -0.05) is 18.2 Å². The number of benzene rings is 1. The minimum Gasteiger partial charge on any atom is -0.316 e. The number of nitrogens with two attached hydrogens (primary N) is 1. The number of rotatable bonds is 3. The van der Waals surface area contributed by atoms with E-state index in [2.05, 4.69) is 17.6 Å². The fraction of sp³-hybridized carbons (Fsp3) is 0.462. The molecule has 3 N–H and O–H groups in total. The largest absolute Gasteiger partial charge is 0.316 e. The van der Waals surface area contributed by atoms with Crippen molar-refractivity contribution in [2.45, 2.75) is 25.3 Å². The Kier molecular flexibility index (Phi) is 3.45. The summed E-state index contributed by atoms with van der Waals surface area (Å²) >= 11 is 0. The normalized spacial score (nSPS) is 15.8. The van der Waals surface area contributed by atoms with Crippen molar-refractivity contribution in [1.29, 1.82) is 0 Å². The molecule has 0 fully saturated rings. The molecule has 0 radical (unpaired) electrons. The highest BCUT2D eigenvalue weighted by Gasteiger charge is 2.18. The lowest BCUT2D eigenvalue weighted by Crippen LogP contribution is -2.42. The van der Waals surface area contributed by atoms with Crippen LogP contribution in [0.25, 0.3) is 0 Å². The number of nitrogens with one attached hydrogen (secondary N) is 1. The van der Waals surface area contributed by atoms with Crippen LogP contribution in [0.2, 0.25) is 0 Å². The molecular weight excluding hydrogens is 214 g/mol. The molecule has 0 spiro atoms. The van der Waals surface area contributed by atoms with Crippen molar-refractivity contribution in [3.63, 3.8) is 0 Å². The monoisotopic (exact) mass is 233 g/mol. The average Bonchev–Trinajstić information content (AvgIpc) is 2.73. The van der Waals surface area contributed by atoms with E-state index in [1.54, 1.807) is 19.1 Å². The van der Waals surface area contributed by atoms with Crippen LogP contribution in [0.4, 0.5) is 0 Å². The fourth-order valence-corrected chi connectivity index (χ4v) is 2.23. The molecule has 1 atom stereocenters. The Bertz CT molecular complexity index is 429. The van der Waals surface area contributed by atoms with E-state index < -0.39 is 6.04 Å². The first-order chi connectivity index (χ1) is 8.08. The summed E-state index contributed by atoms with van der Waals surface area (Å²) in [5.41, 5.74) is 12.3. The van der Waals surface area contributed by atoms with Crippen molar-refractivity contribution >= 4 is 5.91 Å². The van der Waals surface area contributed by atoms with Gasteiger partial charge in [0.15, 0.2) is 0 Å². The molecule has 1 aromatic carbocycles. The Morgan fingerprint density at radius 1 is 1.35 bits per heavy atom. The van der Waals surface area contributed by atoms with Crippen molar-refractivity contribution in [1.82, 2.24) is 10.4 Å². The molecule has 1 aromatic rings. The maximum absolute atomic E-state index is 11.8. The second-order valence-electron chi connectivity index (χ2n) is 4.73. The van der Waals surface area contributed by atoms with Crippen LogP contribution in [0.3, 0.4) is 0 Å². The minimum absolute atomic E-state index is 0.173. The van der Waals surface area contributed by atoms with Gasteiger partial charge in [-0.3, -0.25) is 10.2 Å². The Morgan fingerprint density at radius 2 is 2.06 bits per heavy atom. The van der Waals surface area contributed by atoms with Gasteiger partial charge in [-0.05, 0) is 36.0 Å². The lowest BCUT2D eigenvalue weighted by Gasteiger charge is -2.17. The van der Waals surface area contributed by atoms with Gasteiger partial charge in [0, 0.05) is 14.1 Å². The second-order valence-corrected chi connectivity index (χ2v) is 4.73. The van der Waals surface area contributed by atoms with Gasteiger partial charge in [-0.15, -0.1) is 0 Å². The summed E-state index contributed by atoms with van der Waals surface area (Å²) in [6, 6.07) is 5.54. The molecule has 0 bridgehead atoms. The van der Waals surface area contributed by atoms with Crippen LogP contribution in [0.5, 0.6) is 0 Å². The van der Waals surface area contributed by atoms with Crippen LogP contribution in [-0.2, 0) is 17.6 Å². The topological polar surface area (TPSA) is 58.4 Å². The average molecular weight is 233 g/mol. The number of hydrogen-bond donors (Lipinski definition) is 2. The number of carbonyl (C=O) groups is 1. The van der Waals surface area contributed by atoms with E-state index in [4.69, 9.17) is 5.73 Å². The summed E-state index contributed by atoms with van der Waals surface area (Å²) in [5.74, 6) is -0.173. The van der Waals surface area contributed by atoms with Crippen LogP contribution in [0.15, 0.2) is 18.2 Å². The summed E-state index contributed by atoms with van der Waals surface area (Å²) in [6.07, 6.45) is 3.46. The molecule has 2 rings (SSSR count). The first kappa shape index (κ1) is 12.1. The van der Waals surface area contributed by atoms with E-state index >= 15 is 0 Å². The molecule has 1 aliphatic carbocycles. The smallest absolute Gasteiger partial charge is 0.255 e. The van der Waals surface area contributed by atoms with Crippen molar-refractivity contribution in [3.8, 4) is 0 Å². The standard InChI is InChI=1S/C13H19N3O/c1-16(2)15-13(17)12(14)11-7-6-9-4-3-5-10(9)8-11/h6-8,12H,3-5,14H2,1-2H3,(H,15,17). The molecule has 1 unspecified atom stereocenters. The highest BCUT2D eigenvalue weighted by Crippen LogP contribution is 2.24. The first-order valence-corrected chi connectivity index (χ1v) is 5.93. The zero-order chi connectivity index (χ0) is 12.4. The summed E-state index contributed by atoms with van der Waals surface area (Å²) in [5, 5.41) is 1.61. The third-order valence-electron chi connectivity index (χ3n) is 3.10. The van der Waals surface area contributed by atoms with Gasteiger partial charge in [-0.2, -0.15) is 0 Å². The number of carbonyl (C=O) groups excluding carboxylic acids is 1. The molecule has 0 saturated carbocycles. The van der Waals surface area contributed by atoms with Gasteiger partial charge in [0.1, 0.15) is 6.04 Å². The van der Waals surface area contributed by atoms with Crippen LogP contribution in [-0.4, -0.2) is 25.0 Å². The molecule has 0 aromatic heterocycles. The molecule has 17 heavy (non-hydrogen) atoms. The maximum atomic E-state index is 11.8. The molecule has 0 aliphatic heterocycles. The summed E-state index contributed by atoms with van der Waals surface area (Å²) in [4.78, 5) is 11.8. The summed E-state index contributed by atoms with van der Waals surface area (Å²) in [7, 11) is 3.54. The molecular formula is C13H19N3O. The maximum Gasteiger partial charge on any atom is 0.255 e. The number of amides is 1. The quantitative estimate of drug-likeness (QED) is 0.758. The van der Waals surface area contributed by atoms with E-state index in [0.717, 1.165) is 18.4 Å². The third-order valence-corrected chi connectivity index (χ3v) is 3.10. The van der Waals surface area contributed by atoms with Crippen molar-refractivity contribution < 1.29 is 4.79 Å². The van der Waals surface area contributed by atoms with Crippen molar-refractivity contribution in [2.75, 3.05) is 14.1 Å². The molecule has 0 heterocycles. The van der Waals surface area contributed by atoms with E-state index in [0.29, 0.717) is 0 Å². The first-order valence-electron chi connectivity index (χ1n) is 5.93. The molecule has 1 aliphatic rings. The van der Waals surface area contributed by atoms with Crippen LogP contribution in [0.1, 0.15) is 29.2 Å². The Balaban J connectivity index is 2.14. The minimum atomic E-state index is -0.594. The van der Waals surface area contributed by atoms with Crippen LogP contribution < -0.4 is 11.2 Å². The van der Waals surface area contributed by atoms with Gasteiger partial charge >= 0.3 is 0 Å². The number of nitrogens with zero attached hydrogens (tertiary/aromatic N) is 1. The van der Waals surface area contributed by atoms with Crippen LogP contribution in [0, 0.1) is 0 Å². The lowest BCUT2D eigenvalue weighted by molar-refractivity contribution is -0.126. The van der Waals surface area contributed by atoms with E-state index in [-0.39, 0.29) is 5.91 Å². The zero-order valence-electron chi connectivity index (χ0n) is 10.4. The molecule has 0 saturated heterocycles. The van der Waals surface area contributed by atoms with Crippen LogP contribution >= 0.6 is 0 Å². The molecule has 4 heteroatoms. The number of hydrazine groups is 1. The second kappa shape index (κ2) is 4.85. The van der Waals surface area contributed by atoms with Crippen molar-refractivity contribution in [2.24, 2.45) is 5.73 Å². The SMILES string of the molecule is CN(C)NC(=O)C(N)c1ccc2c(c1)CCC2. The Morgan fingerprint density at radius 3 is 2.76 bits per heavy atom. The summed E-state index contributed by atoms with van der Waals surface area (Å²) in [6.45, 7) is 0. The lowest BCUT2D eigenvalue weighted by atomic mass is 10.0. The fourth-order valence-electron chi connectivity index (χ4n) is 2.23. The highest BCUT2D eigenvalue weighted by atomic mass is 16.2. The highest BCUT2D eigenvalue weighted by molar-refractivity contribution is 5.82. The molecule has 1 amide bonds. The van der Waals surface area contributed by atoms with Gasteiger partial charge in [0.05, 0.1) is 0 Å². The predicted molar refractivity (Wildman–Crippen MR) is 67.2 cm³/mol. The van der Waals surface area contributed by atoms with Gasteiger partial charge in [0.2, 0.25) is 0 Å². The van der Waals surface area contributed by atoms with E-state index in [1.165, 1.54) is 17.5 Å². The van der Waals surface area contributed by atoms with Crippen molar-refractivity contribution in [3.05, 3.63) is 34.9 Å². The molecule has 4 nitrogen and oxygen atoms in total. The van der Waals surface area contributed by atoms with Gasteiger partial charge in [0.25, 0.3) is 5.91 Å². The van der Waals surface area contributed by atoms with E-state index in [1.807, 2.05) is 6.07 Å². The predicted octanol–water partition coefficient (Wildman–Crippen LogP) is 0.768. The molecule has 92 valence electrons. The van der Waals surface area contributed by atoms with Gasteiger partial charge in [-0.25, -0.2) is 5.01 Å². The summed E-state index contributed by atoms with van der Waals surface area (Å²) < 4.78 is 0. The number of fused-ring (bicyclic) bond motifs is 1. The zero-order valence-corrected chi connectivity index (χ0v) is 10.4. The van der Waals surface area contributed by atoms with E-state index in [9.17, 15) is 4.79 Å².